The van der Waals surface area contributed by atoms with E-state index in [1.165, 1.54) is 0 Å². The highest BCUT2D eigenvalue weighted by Crippen LogP contribution is 2.29. The fourth-order valence-corrected chi connectivity index (χ4v) is 6.05. The second kappa shape index (κ2) is 14.4. The van der Waals surface area contributed by atoms with E-state index in [9.17, 15) is 9.59 Å². The second-order valence-corrected chi connectivity index (χ2v) is 11.7. The topological polar surface area (TPSA) is 164 Å². The van der Waals surface area contributed by atoms with Crippen LogP contribution in [0.1, 0.15) is 31.2 Å². The van der Waals surface area contributed by atoms with E-state index in [2.05, 4.69) is 59.3 Å². The second-order valence-electron chi connectivity index (χ2n) is 11.7. The van der Waals surface area contributed by atoms with Gasteiger partial charge >= 0.3 is 0 Å². The Bertz CT molecular complexity index is 1560. The highest BCUT2D eigenvalue weighted by atomic mass is 16.5. The van der Waals surface area contributed by atoms with Crippen molar-refractivity contribution in [3.8, 4) is 22.5 Å². The summed E-state index contributed by atoms with van der Waals surface area (Å²) >= 11 is 0. The molecule has 1 aliphatic carbocycles. The minimum absolute atomic E-state index is 0.0847. The number of aromatic nitrogens is 5. The molecule has 1 saturated heterocycles. The lowest BCUT2D eigenvalue weighted by Gasteiger charge is -2.28. The van der Waals surface area contributed by atoms with Gasteiger partial charge in [-0.05, 0) is 96.4 Å². The maximum absolute atomic E-state index is 13.7. The molecule has 3 heterocycles. The van der Waals surface area contributed by atoms with Gasteiger partial charge in [-0.2, -0.15) is 5.21 Å². The number of hydrogen-bond donors (Lipinski definition) is 4. The largest absolute Gasteiger partial charge is 0.378 e. The summed E-state index contributed by atoms with van der Waals surface area (Å²) in [5.41, 5.74) is 10.2. The van der Waals surface area contributed by atoms with Gasteiger partial charge in [0.2, 0.25) is 17.6 Å². The number of carbonyl (C=O) groups excluding carboxylic acids is 2. The first kappa shape index (κ1) is 30.4. The Labute approximate surface area is 262 Å². The Morgan fingerprint density at radius 2 is 1.76 bits per heavy atom. The highest BCUT2D eigenvalue weighted by molar-refractivity contribution is 5.97. The molecule has 0 unspecified atom stereocenters. The van der Waals surface area contributed by atoms with E-state index in [-0.39, 0.29) is 17.7 Å². The lowest BCUT2D eigenvalue weighted by atomic mass is 9.81. The summed E-state index contributed by atoms with van der Waals surface area (Å²) in [5, 5.41) is 20.1. The maximum atomic E-state index is 13.7. The molecule has 2 aliphatic rings. The van der Waals surface area contributed by atoms with Crippen LogP contribution in [0, 0.1) is 11.8 Å². The molecule has 2 aromatic carbocycles. The van der Waals surface area contributed by atoms with E-state index in [1.54, 1.807) is 12.1 Å². The summed E-state index contributed by atoms with van der Waals surface area (Å²) in [6.45, 7) is 3.63. The van der Waals surface area contributed by atoms with Crippen molar-refractivity contribution in [2.45, 2.75) is 38.1 Å². The molecule has 234 valence electrons. The minimum Gasteiger partial charge on any atom is -0.378 e. The predicted octanol–water partition coefficient (Wildman–Crippen LogP) is 3.20. The fourth-order valence-electron chi connectivity index (χ4n) is 6.05. The number of morpholine rings is 1. The number of carbonyl (C=O) groups is 2. The monoisotopic (exact) mass is 609 g/mol. The molecule has 12 heteroatoms. The molecule has 0 radical (unpaired) electrons. The lowest BCUT2D eigenvalue weighted by molar-refractivity contribution is -0.130. The van der Waals surface area contributed by atoms with Crippen LogP contribution >= 0.6 is 0 Å². The van der Waals surface area contributed by atoms with Gasteiger partial charge in [-0.15, -0.1) is 10.2 Å². The summed E-state index contributed by atoms with van der Waals surface area (Å²) in [6.07, 6.45) is 5.58. The summed E-state index contributed by atoms with van der Waals surface area (Å²) in [5.74, 6) is 1.35. The van der Waals surface area contributed by atoms with E-state index in [4.69, 9.17) is 10.5 Å². The first-order valence-electron chi connectivity index (χ1n) is 15.6. The van der Waals surface area contributed by atoms with Gasteiger partial charge in [0.05, 0.1) is 13.2 Å². The highest BCUT2D eigenvalue weighted by Gasteiger charge is 2.29. The number of anilines is 2. The number of nitrogens with two attached hydrogens (primary N) is 1. The van der Waals surface area contributed by atoms with Crippen LogP contribution < -0.4 is 21.3 Å². The molecule has 4 aromatic rings. The maximum Gasteiger partial charge on any atom is 0.247 e. The Kier molecular flexibility index (Phi) is 9.71. The summed E-state index contributed by atoms with van der Waals surface area (Å²) in [4.78, 5) is 34.0. The molecule has 1 aliphatic heterocycles. The van der Waals surface area contributed by atoms with Crippen LogP contribution in [-0.4, -0.2) is 76.3 Å². The normalized spacial score (nSPS) is 19.1. The van der Waals surface area contributed by atoms with Crippen molar-refractivity contribution in [3.05, 3.63) is 72.4 Å². The number of aromatic amines is 1. The first-order valence-corrected chi connectivity index (χ1v) is 15.6. The molecule has 0 bridgehead atoms. The summed E-state index contributed by atoms with van der Waals surface area (Å²) in [7, 11) is 0. The molecule has 2 fully saturated rings. The van der Waals surface area contributed by atoms with Crippen molar-refractivity contribution in [1.82, 2.24) is 30.9 Å². The molecule has 1 atom stereocenters. The van der Waals surface area contributed by atoms with Gasteiger partial charge in [-0.1, -0.05) is 24.3 Å². The number of ether oxygens (including phenoxy) is 1. The van der Waals surface area contributed by atoms with Crippen LogP contribution in [-0.2, 0) is 20.7 Å². The van der Waals surface area contributed by atoms with E-state index < -0.39 is 6.04 Å². The van der Waals surface area contributed by atoms with Crippen LogP contribution in [0.15, 0.2) is 66.9 Å². The van der Waals surface area contributed by atoms with Crippen molar-refractivity contribution in [2.24, 2.45) is 17.6 Å². The number of nitrogens with one attached hydrogen (secondary N) is 3. The molecule has 45 heavy (non-hydrogen) atoms. The smallest absolute Gasteiger partial charge is 0.247 e. The Hall–Kier alpha value is -4.68. The van der Waals surface area contributed by atoms with Gasteiger partial charge in [0.1, 0.15) is 11.9 Å². The van der Waals surface area contributed by atoms with Crippen LogP contribution in [0.2, 0.25) is 0 Å². The number of nitrogens with zero attached hydrogens (tertiary/aromatic N) is 5. The molecule has 0 spiro atoms. The Morgan fingerprint density at radius 1 is 0.978 bits per heavy atom. The van der Waals surface area contributed by atoms with Crippen LogP contribution in [0.5, 0.6) is 0 Å². The molecule has 2 aromatic heterocycles. The van der Waals surface area contributed by atoms with Crippen LogP contribution in [0.25, 0.3) is 22.5 Å². The zero-order valence-corrected chi connectivity index (χ0v) is 25.2. The zero-order chi connectivity index (χ0) is 31.0. The van der Waals surface area contributed by atoms with Gasteiger partial charge in [-0.3, -0.25) is 9.59 Å². The number of rotatable bonds is 10. The van der Waals surface area contributed by atoms with E-state index in [0.29, 0.717) is 43.6 Å². The quantitative estimate of drug-likeness (QED) is 0.211. The predicted molar refractivity (Wildman–Crippen MR) is 171 cm³/mol. The number of hydrogen-bond acceptors (Lipinski definition) is 9. The number of benzene rings is 2. The van der Waals surface area contributed by atoms with Gasteiger partial charge in [0, 0.05) is 42.9 Å². The Morgan fingerprint density at radius 3 is 2.49 bits per heavy atom. The average Bonchev–Trinajstić information content (AvgIpc) is 3.64. The number of amides is 2. The third-order valence-electron chi connectivity index (χ3n) is 8.72. The van der Waals surface area contributed by atoms with Gasteiger partial charge < -0.3 is 26.0 Å². The number of tetrazole rings is 1. The van der Waals surface area contributed by atoms with Gasteiger partial charge in [0.25, 0.3) is 0 Å². The van der Waals surface area contributed by atoms with Crippen molar-refractivity contribution >= 4 is 23.3 Å². The average molecular weight is 610 g/mol. The molecular weight excluding hydrogens is 570 g/mol. The van der Waals surface area contributed by atoms with Crippen LogP contribution in [0.3, 0.4) is 0 Å². The molecule has 5 N–H and O–H groups in total. The van der Waals surface area contributed by atoms with Crippen molar-refractivity contribution in [3.63, 3.8) is 0 Å². The minimum atomic E-state index is -0.766. The van der Waals surface area contributed by atoms with Crippen molar-refractivity contribution < 1.29 is 14.3 Å². The van der Waals surface area contributed by atoms with Gasteiger partial charge in [0.15, 0.2) is 0 Å². The van der Waals surface area contributed by atoms with Crippen LogP contribution in [0.4, 0.5) is 11.5 Å². The van der Waals surface area contributed by atoms with E-state index in [0.717, 1.165) is 66.8 Å². The summed E-state index contributed by atoms with van der Waals surface area (Å²) in [6, 6.07) is 18.6. The molecule has 2 amide bonds. The molecule has 6 rings (SSSR count). The lowest BCUT2D eigenvalue weighted by Crippen LogP contribution is -2.48. The van der Waals surface area contributed by atoms with Crippen molar-refractivity contribution in [2.75, 3.05) is 43.1 Å². The van der Waals surface area contributed by atoms with E-state index >= 15 is 0 Å². The third kappa shape index (κ3) is 7.70. The molecular formula is C33H39N9O3. The fraction of sp³-hybridized carbons (Fsp3) is 0.394. The number of pyridine rings is 1. The standard InChI is InChI=1S/C33H39N9O3/c34-21-22-4-6-25(7-5-22)32(43)37-29(33(44)36-28-10-8-24(9-11-28)31-38-40-41-39-31)19-23-2-1-3-26(18-23)27-12-13-35-30(20-27)42-14-16-45-17-15-42/h1-3,8-13,18,20,22,25,29H,4-7,14-17,19,21,34H2,(H,36,44)(H,37,43)(H,38,39,40,41)/t22?,25?,29-/m0/s1. The molecule has 12 nitrogen and oxygen atoms in total. The van der Waals surface area contributed by atoms with E-state index in [1.807, 2.05) is 36.5 Å². The van der Waals surface area contributed by atoms with Crippen molar-refractivity contribution in [1.29, 1.82) is 0 Å². The van der Waals surface area contributed by atoms with Gasteiger partial charge in [-0.25, -0.2) is 4.98 Å². The number of H-pyrrole nitrogens is 1. The molecule has 1 saturated carbocycles. The zero-order valence-electron chi connectivity index (χ0n) is 25.2. The SMILES string of the molecule is NCC1CCC(C(=O)N[C@@H](Cc2cccc(-c3ccnc(N4CCOCC4)c3)c2)C(=O)Nc2ccc(-c3nn[nH]n3)cc2)CC1. The summed E-state index contributed by atoms with van der Waals surface area (Å²) < 4.78 is 5.50. The first-order chi connectivity index (χ1) is 22.1. The third-order valence-corrected chi connectivity index (χ3v) is 8.72. The Balaban J connectivity index is 1.19.